The largest absolute Gasteiger partial charge is 0.385 e. The van der Waals surface area contributed by atoms with Gasteiger partial charge in [-0.3, -0.25) is 9.89 Å². The molecule has 1 atom stereocenters. The Balaban J connectivity index is 0.00000363. The van der Waals surface area contributed by atoms with Crippen LogP contribution in [-0.4, -0.2) is 95.2 Å². The number of nitrogens with one attached hydrogen (secondary N) is 1. The van der Waals surface area contributed by atoms with E-state index in [4.69, 9.17) is 14.2 Å². The summed E-state index contributed by atoms with van der Waals surface area (Å²) >= 11 is 0. The number of likely N-dealkylation sites (tertiary alicyclic amines) is 1. The van der Waals surface area contributed by atoms with E-state index in [0.717, 1.165) is 84.4 Å². The van der Waals surface area contributed by atoms with Crippen LogP contribution in [0.5, 0.6) is 0 Å². The van der Waals surface area contributed by atoms with Gasteiger partial charge in [-0.1, -0.05) is 29.8 Å². The highest BCUT2D eigenvalue weighted by atomic mass is 127. The first-order chi connectivity index (χ1) is 15.2. The number of hydrogen-bond acceptors (Lipinski definition) is 5. The van der Waals surface area contributed by atoms with Crippen molar-refractivity contribution in [3.05, 3.63) is 35.4 Å². The van der Waals surface area contributed by atoms with Crippen LogP contribution in [-0.2, 0) is 14.2 Å². The van der Waals surface area contributed by atoms with E-state index in [-0.39, 0.29) is 24.0 Å². The van der Waals surface area contributed by atoms with Crippen LogP contribution < -0.4 is 5.32 Å². The maximum Gasteiger partial charge on any atom is 0.193 e. The van der Waals surface area contributed by atoms with Gasteiger partial charge >= 0.3 is 0 Å². The van der Waals surface area contributed by atoms with Gasteiger partial charge in [0.25, 0.3) is 0 Å². The van der Waals surface area contributed by atoms with Gasteiger partial charge in [0.1, 0.15) is 0 Å². The lowest BCUT2D eigenvalue weighted by Gasteiger charge is -2.37. The number of nitrogens with zero attached hydrogens (tertiary/aromatic N) is 3. The van der Waals surface area contributed by atoms with Crippen molar-refractivity contribution < 1.29 is 14.2 Å². The van der Waals surface area contributed by atoms with Crippen LogP contribution in [0.1, 0.15) is 36.4 Å². The van der Waals surface area contributed by atoms with Crippen LogP contribution in [0.15, 0.2) is 29.3 Å². The molecule has 3 rings (SSSR count). The average molecular weight is 561 g/mol. The molecule has 2 aliphatic heterocycles. The Morgan fingerprint density at radius 1 is 1.19 bits per heavy atom. The molecule has 2 heterocycles. The van der Waals surface area contributed by atoms with Crippen molar-refractivity contribution in [2.45, 2.75) is 38.3 Å². The summed E-state index contributed by atoms with van der Waals surface area (Å²) in [4.78, 5) is 9.47. The zero-order valence-electron chi connectivity index (χ0n) is 19.9. The zero-order chi connectivity index (χ0) is 21.9. The van der Waals surface area contributed by atoms with Crippen molar-refractivity contribution in [1.82, 2.24) is 15.1 Å². The molecule has 2 saturated heterocycles. The number of morpholine rings is 1. The molecule has 0 aliphatic carbocycles. The molecule has 7 nitrogen and oxygen atoms in total. The number of aryl methyl sites for hydroxylation is 1. The van der Waals surface area contributed by atoms with Gasteiger partial charge in [0, 0.05) is 60.1 Å². The normalized spacial score (nSPS) is 19.5. The molecule has 0 radical (unpaired) electrons. The van der Waals surface area contributed by atoms with Crippen LogP contribution in [0.4, 0.5) is 0 Å². The number of hydrogen-bond donors (Lipinski definition) is 1. The molecule has 0 amide bonds. The van der Waals surface area contributed by atoms with Crippen molar-refractivity contribution in [2.24, 2.45) is 4.99 Å². The highest BCUT2D eigenvalue weighted by Crippen LogP contribution is 2.22. The molecule has 32 heavy (non-hydrogen) atoms. The maximum atomic E-state index is 6.01. The summed E-state index contributed by atoms with van der Waals surface area (Å²) in [6, 6.07) is 9.17. The summed E-state index contributed by atoms with van der Waals surface area (Å²) in [6.07, 6.45) is 3.39. The lowest BCUT2D eigenvalue weighted by Crippen LogP contribution is -2.50. The second-order valence-corrected chi connectivity index (χ2v) is 8.41. The molecule has 1 unspecified atom stereocenters. The molecular formula is C24H41IN4O3. The summed E-state index contributed by atoms with van der Waals surface area (Å²) in [5.41, 5.74) is 2.65. The standard InChI is InChI=1S/C24H40N4O3.HI/c1-20-6-4-7-21(18-20)23(27-12-16-30-17-13-27)19-26-24(25-2)28-10-8-22(9-11-28)31-15-5-14-29-3;/h4,6-7,18,22-23H,5,8-17,19H2,1-3H3,(H,25,26);1H. The van der Waals surface area contributed by atoms with Gasteiger partial charge < -0.3 is 24.4 Å². The second kappa shape index (κ2) is 15.1. The molecule has 1 N–H and O–H groups in total. The fourth-order valence-corrected chi connectivity index (χ4v) is 4.43. The van der Waals surface area contributed by atoms with Crippen molar-refractivity contribution in [3.63, 3.8) is 0 Å². The number of piperidine rings is 1. The minimum Gasteiger partial charge on any atom is -0.385 e. The molecule has 2 aliphatic rings. The quantitative estimate of drug-likeness (QED) is 0.217. The SMILES string of the molecule is CN=C(NCC(c1cccc(C)c1)N1CCOCC1)N1CCC(OCCCOC)CC1.I. The zero-order valence-corrected chi connectivity index (χ0v) is 22.3. The van der Waals surface area contributed by atoms with Gasteiger partial charge in [0.2, 0.25) is 0 Å². The predicted octanol–water partition coefficient (Wildman–Crippen LogP) is 3.08. The highest BCUT2D eigenvalue weighted by Gasteiger charge is 2.25. The molecule has 2 fully saturated rings. The van der Waals surface area contributed by atoms with Gasteiger partial charge in [-0.15, -0.1) is 24.0 Å². The van der Waals surface area contributed by atoms with Crippen molar-refractivity contribution >= 4 is 29.9 Å². The third-order valence-electron chi connectivity index (χ3n) is 6.17. The highest BCUT2D eigenvalue weighted by molar-refractivity contribution is 14.0. The Hall–Kier alpha value is -0.940. The third kappa shape index (κ3) is 8.44. The Morgan fingerprint density at radius 3 is 2.59 bits per heavy atom. The summed E-state index contributed by atoms with van der Waals surface area (Å²) in [6.45, 7) is 10.0. The number of aliphatic imine (C=N–C) groups is 1. The van der Waals surface area contributed by atoms with E-state index < -0.39 is 0 Å². The van der Waals surface area contributed by atoms with E-state index in [1.54, 1.807) is 7.11 Å². The molecule has 0 bridgehead atoms. The summed E-state index contributed by atoms with van der Waals surface area (Å²) in [5.74, 6) is 0.990. The van der Waals surface area contributed by atoms with Crippen LogP contribution in [0.2, 0.25) is 0 Å². The number of halogens is 1. The van der Waals surface area contributed by atoms with E-state index in [1.165, 1.54) is 11.1 Å². The van der Waals surface area contributed by atoms with Gasteiger partial charge in [0.15, 0.2) is 5.96 Å². The summed E-state index contributed by atoms with van der Waals surface area (Å²) in [7, 11) is 3.62. The van der Waals surface area contributed by atoms with Crippen LogP contribution in [0.3, 0.4) is 0 Å². The molecular weight excluding hydrogens is 519 g/mol. The van der Waals surface area contributed by atoms with E-state index in [1.807, 2.05) is 7.05 Å². The van der Waals surface area contributed by atoms with Gasteiger partial charge in [0.05, 0.1) is 25.4 Å². The summed E-state index contributed by atoms with van der Waals surface area (Å²) < 4.78 is 16.7. The topological polar surface area (TPSA) is 58.6 Å². The average Bonchev–Trinajstić information content (AvgIpc) is 2.81. The number of methoxy groups -OCH3 is 1. The Morgan fingerprint density at radius 2 is 1.94 bits per heavy atom. The van der Waals surface area contributed by atoms with E-state index >= 15 is 0 Å². The molecule has 0 aromatic heterocycles. The van der Waals surface area contributed by atoms with E-state index in [9.17, 15) is 0 Å². The number of ether oxygens (including phenoxy) is 3. The van der Waals surface area contributed by atoms with E-state index in [2.05, 4.69) is 51.3 Å². The minimum absolute atomic E-state index is 0. The van der Waals surface area contributed by atoms with Crippen LogP contribution in [0.25, 0.3) is 0 Å². The van der Waals surface area contributed by atoms with Crippen LogP contribution in [0, 0.1) is 6.92 Å². The first kappa shape index (κ1) is 27.3. The first-order valence-corrected chi connectivity index (χ1v) is 11.7. The molecule has 0 saturated carbocycles. The smallest absolute Gasteiger partial charge is 0.193 e. The molecule has 0 spiro atoms. The van der Waals surface area contributed by atoms with Crippen molar-refractivity contribution in [3.8, 4) is 0 Å². The van der Waals surface area contributed by atoms with Crippen molar-refractivity contribution in [1.29, 1.82) is 0 Å². The lowest BCUT2D eigenvalue weighted by molar-refractivity contribution is 0.00928. The summed E-state index contributed by atoms with van der Waals surface area (Å²) in [5, 5.41) is 3.67. The fraction of sp³-hybridized carbons (Fsp3) is 0.708. The Bertz CT molecular complexity index is 677. The number of guanidine groups is 1. The minimum atomic E-state index is 0. The molecule has 8 heteroatoms. The number of benzene rings is 1. The first-order valence-electron chi connectivity index (χ1n) is 11.7. The molecule has 1 aromatic carbocycles. The molecule has 1 aromatic rings. The Labute approximate surface area is 210 Å². The number of rotatable bonds is 9. The maximum absolute atomic E-state index is 6.01. The van der Waals surface area contributed by atoms with E-state index in [0.29, 0.717) is 12.1 Å². The third-order valence-corrected chi connectivity index (χ3v) is 6.17. The lowest BCUT2D eigenvalue weighted by atomic mass is 10.0. The molecule has 182 valence electrons. The predicted molar refractivity (Wildman–Crippen MR) is 140 cm³/mol. The van der Waals surface area contributed by atoms with Gasteiger partial charge in [-0.2, -0.15) is 0 Å². The Kier molecular flexibility index (Phi) is 12.8. The second-order valence-electron chi connectivity index (χ2n) is 8.41. The van der Waals surface area contributed by atoms with Crippen LogP contribution >= 0.6 is 24.0 Å². The van der Waals surface area contributed by atoms with Crippen molar-refractivity contribution in [2.75, 3.05) is 73.3 Å². The van der Waals surface area contributed by atoms with Gasteiger partial charge in [-0.25, -0.2) is 0 Å². The van der Waals surface area contributed by atoms with Gasteiger partial charge in [-0.05, 0) is 31.7 Å². The fourth-order valence-electron chi connectivity index (χ4n) is 4.43. The monoisotopic (exact) mass is 560 g/mol.